The molecule has 0 fully saturated rings. The van der Waals surface area contributed by atoms with E-state index in [1.54, 1.807) is 20.8 Å². The van der Waals surface area contributed by atoms with E-state index in [-0.39, 0.29) is 5.69 Å². The average molecular weight is 522 g/mol. The van der Waals surface area contributed by atoms with Gasteiger partial charge in [0.2, 0.25) is 0 Å². The van der Waals surface area contributed by atoms with E-state index in [9.17, 15) is 27.9 Å². The summed E-state index contributed by atoms with van der Waals surface area (Å²) >= 11 is 1.86. The maximum Gasteiger partial charge on any atom is 0.337 e. The third-order valence-corrected chi connectivity index (χ3v) is 4.32. The first-order valence-corrected chi connectivity index (χ1v) is 9.35. The number of ether oxygens (including phenoxy) is 1. The molecule has 29 heavy (non-hydrogen) atoms. The lowest BCUT2D eigenvalue weighted by molar-refractivity contribution is -0.156. The molecule has 2 rings (SSSR count). The molecule has 0 bridgehead atoms. The van der Waals surface area contributed by atoms with E-state index in [1.807, 2.05) is 22.6 Å². The molecule has 4 N–H and O–H groups in total. The first kappa shape index (κ1) is 22.9. The van der Waals surface area contributed by atoms with Gasteiger partial charge in [0.1, 0.15) is 17.5 Å². The number of carboxylic acids is 1. The van der Waals surface area contributed by atoms with Crippen molar-refractivity contribution < 1.29 is 32.6 Å². The number of halogens is 4. The molecule has 2 aromatic carbocycles. The molecule has 0 amide bonds. The number of nitrogens with one attached hydrogen (secondary N) is 1. The van der Waals surface area contributed by atoms with Crippen molar-refractivity contribution in [1.82, 2.24) is 0 Å². The van der Waals surface area contributed by atoms with E-state index in [1.165, 1.54) is 12.1 Å². The van der Waals surface area contributed by atoms with Gasteiger partial charge in [-0.25, -0.2) is 22.8 Å². The molecule has 6 nitrogen and oxygen atoms in total. The lowest BCUT2D eigenvalue weighted by Crippen LogP contribution is -2.32. The van der Waals surface area contributed by atoms with Crippen LogP contribution in [0.25, 0.3) is 0 Å². The van der Waals surface area contributed by atoms with Gasteiger partial charge in [-0.2, -0.15) is 0 Å². The van der Waals surface area contributed by atoms with E-state index in [2.05, 4.69) is 5.32 Å². The zero-order chi connectivity index (χ0) is 22.1. The van der Waals surface area contributed by atoms with Crippen LogP contribution in [0.1, 0.15) is 42.7 Å². The number of hydrogen-bond acceptors (Lipinski definition) is 5. The van der Waals surface area contributed by atoms with Crippen molar-refractivity contribution in [2.45, 2.75) is 32.4 Å². The van der Waals surface area contributed by atoms with Gasteiger partial charge in [-0.05, 0) is 67.6 Å². The molecule has 0 spiro atoms. The topological polar surface area (TPSA) is 102 Å². The normalized spacial score (nSPS) is 12.4. The van der Waals surface area contributed by atoms with E-state index >= 15 is 0 Å². The van der Waals surface area contributed by atoms with Crippen molar-refractivity contribution in [3.63, 3.8) is 0 Å². The second-order valence-electron chi connectivity index (χ2n) is 7.08. The Morgan fingerprint density at radius 3 is 2.31 bits per heavy atom. The van der Waals surface area contributed by atoms with Crippen molar-refractivity contribution in [2.24, 2.45) is 5.73 Å². The molecular weight excluding hydrogens is 504 g/mol. The number of anilines is 2. The van der Waals surface area contributed by atoms with Crippen LogP contribution in [0.2, 0.25) is 0 Å². The third kappa shape index (κ3) is 5.38. The maximum atomic E-state index is 14.7. The van der Waals surface area contributed by atoms with Gasteiger partial charge in [-0.1, -0.05) is 0 Å². The third-order valence-electron chi connectivity index (χ3n) is 3.65. The Morgan fingerprint density at radius 1 is 1.17 bits per heavy atom. The largest absolute Gasteiger partial charge is 0.478 e. The first-order chi connectivity index (χ1) is 13.3. The fourth-order valence-corrected chi connectivity index (χ4v) is 2.83. The molecule has 0 saturated heterocycles. The lowest BCUT2D eigenvalue weighted by Gasteiger charge is -2.23. The fraction of sp³-hybridized carbons (Fsp3) is 0.263. The molecule has 2 aromatic rings. The fourth-order valence-electron chi connectivity index (χ4n) is 2.38. The van der Waals surface area contributed by atoms with Gasteiger partial charge in [-0.3, -0.25) is 0 Å². The van der Waals surface area contributed by atoms with Crippen molar-refractivity contribution in [3.8, 4) is 0 Å². The number of benzene rings is 2. The van der Waals surface area contributed by atoms with E-state index in [0.717, 1.165) is 12.1 Å². The Bertz CT molecular complexity index is 977. The zero-order valence-corrected chi connectivity index (χ0v) is 17.8. The van der Waals surface area contributed by atoms with Crippen LogP contribution in [-0.4, -0.2) is 22.6 Å². The predicted molar refractivity (Wildman–Crippen MR) is 108 cm³/mol. The molecule has 0 aliphatic heterocycles. The summed E-state index contributed by atoms with van der Waals surface area (Å²) in [4.78, 5) is 23.7. The minimum atomic E-state index is -1.76. The highest BCUT2D eigenvalue weighted by Gasteiger charge is 2.31. The Balaban J connectivity index is 2.54. The van der Waals surface area contributed by atoms with Gasteiger partial charge in [-0.15, -0.1) is 0 Å². The Labute approximate surface area is 178 Å². The molecule has 0 aliphatic rings. The smallest absolute Gasteiger partial charge is 0.337 e. The van der Waals surface area contributed by atoms with Gasteiger partial charge in [0.15, 0.2) is 11.6 Å². The highest BCUT2D eigenvalue weighted by atomic mass is 127. The molecule has 0 aromatic heterocycles. The first-order valence-electron chi connectivity index (χ1n) is 8.27. The second kappa shape index (κ2) is 8.57. The lowest BCUT2D eigenvalue weighted by atomic mass is 10.0. The Kier molecular flexibility index (Phi) is 6.78. The van der Waals surface area contributed by atoms with E-state index in [4.69, 9.17) is 10.5 Å². The average Bonchev–Trinajstić information content (AvgIpc) is 2.58. The summed E-state index contributed by atoms with van der Waals surface area (Å²) in [6, 6.07) is 2.84. The van der Waals surface area contributed by atoms with E-state index in [0.29, 0.717) is 3.57 Å². The minimum Gasteiger partial charge on any atom is -0.478 e. The van der Waals surface area contributed by atoms with Crippen LogP contribution >= 0.6 is 22.6 Å². The summed E-state index contributed by atoms with van der Waals surface area (Å²) in [5.41, 5.74) is 2.26. The van der Waals surface area contributed by atoms with E-state index < -0.39 is 57.8 Å². The predicted octanol–water partition coefficient (Wildman–Crippen LogP) is 4.49. The summed E-state index contributed by atoms with van der Waals surface area (Å²) in [5, 5.41) is 11.7. The quantitative estimate of drug-likeness (QED) is 0.395. The highest BCUT2D eigenvalue weighted by molar-refractivity contribution is 14.1. The zero-order valence-electron chi connectivity index (χ0n) is 15.6. The number of esters is 1. The van der Waals surface area contributed by atoms with Crippen LogP contribution in [-0.2, 0) is 9.53 Å². The Morgan fingerprint density at radius 2 is 1.79 bits per heavy atom. The molecule has 0 saturated carbocycles. The van der Waals surface area contributed by atoms with Crippen molar-refractivity contribution in [3.05, 3.63) is 56.4 Å². The van der Waals surface area contributed by atoms with Crippen LogP contribution in [0.4, 0.5) is 24.5 Å². The second-order valence-corrected chi connectivity index (χ2v) is 8.33. The summed E-state index contributed by atoms with van der Waals surface area (Å²) in [6.45, 7) is 4.67. The summed E-state index contributed by atoms with van der Waals surface area (Å²) in [7, 11) is 0. The molecule has 156 valence electrons. The van der Waals surface area contributed by atoms with Gasteiger partial charge >= 0.3 is 11.9 Å². The van der Waals surface area contributed by atoms with Gasteiger partial charge in [0, 0.05) is 9.13 Å². The Hall–Kier alpha value is -2.34. The number of hydrogen-bond donors (Lipinski definition) is 3. The van der Waals surface area contributed by atoms with Crippen LogP contribution in [0.15, 0.2) is 24.3 Å². The molecule has 0 heterocycles. The minimum absolute atomic E-state index is 0.254. The summed E-state index contributed by atoms with van der Waals surface area (Å²) in [5.74, 6) is -6.63. The highest BCUT2D eigenvalue weighted by Crippen LogP contribution is 2.32. The summed E-state index contributed by atoms with van der Waals surface area (Å²) < 4.78 is 49.0. The van der Waals surface area contributed by atoms with Crippen LogP contribution in [0, 0.1) is 21.0 Å². The molecule has 1 unspecified atom stereocenters. The molecule has 0 aliphatic carbocycles. The standard InChI is InChI=1S/C19H18F3IN2O4/c1-19(2,3)29-18(28)15(24)9-7-10(17(26)27)16(14(22)13(9)21)25-12-5-4-8(23)6-11(12)20/h4-7,15,25H,24H2,1-3H3,(H,26,27). The molecule has 1 atom stereocenters. The summed E-state index contributed by atoms with van der Waals surface area (Å²) in [6.07, 6.45) is 0. The number of aromatic carboxylic acids is 1. The number of rotatable bonds is 5. The number of carboxylic acid groups (broad SMARTS) is 1. The van der Waals surface area contributed by atoms with Crippen LogP contribution in [0.5, 0.6) is 0 Å². The van der Waals surface area contributed by atoms with Crippen LogP contribution in [0.3, 0.4) is 0 Å². The SMILES string of the molecule is CC(C)(C)OC(=O)C(N)c1cc(C(=O)O)c(Nc2ccc(I)cc2F)c(F)c1F. The number of carbonyl (C=O) groups excluding carboxylic acids is 1. The van der Waals surface area contributed by atoms with Gasteiger partial charge in [0.25, 0.3) is 0 Å². The van der Waals surface area contributed by atoms with Gasteiger partial charge in [0.05, 0.1) is 16.9 Å². The molecular formula is C19H18F3IN2O4. The number of carbonyl (C=O) groups is 2. The van der Waals surface area contributed by atoms with Crippen molar-refractivity contribution in [2.75, 3.05) is 5.32 Å². The van der Waals surface area contributed by atoms with Crippen molar-refractivity contribution >= 4 is 45.9 Å². The molecule has 10 heteroatoms. The molecule has 0 radical (unpaired) electrons. The number of nitrogens with two attached hydrogens (primary N) is 1. The van der Waals surface area contributed by atoms with Crippen molar-refractivity contribution in [1.29, 1.82) is 0 Å². The van der Waals surface area contributed by atoms with Gasteiger partial charge < -0.3 is 20.9 Å². The maximum absolute atomic E-state index is 14.7. The monoisotopic (exact) mass is 522 g/mol. The van der Waals surface area contributed by atoms with Crippen LogP contribution < -0.4 is 11.1 Å².